The first kappa shape index (κ1) is 10.5. The van der Waals surface area contributed by atoms with Crippen LogP contribution in [0.5, 0.6) is 0 Å². The van der Waals surface area contributed by atoms with Gasteiger partial charge >= 0.3 is 10.4 Å². The standard InChI is InChI=1S/C5H10O5S/c6-4-2-1-3-5-10-11(7,8)9/h4H,1-3,5H2,(H,7,8,9). The average molecular weight is 182 g/mol. The lowest BCUT2D eigenvalue weighted by molar-refractivity contribution is -0.107. The van der Waals surface area contributed by atoms with Gasteiger partial charge in [-0.05, 0) is 12.8 Å². The Balaban J connectivity index is 3.22. The third-order valence-electron chi connectivity index (χ3n) is 0.949. The highest BCUT2D eigenvalue weighted by atomic mass is 32.3. The van der Waals surface area contributed by atoms with Crippen LogP contribution in [0.2, 0.25) is 0 Å². The highest BCUT2D eigenvalue weighted by Crippen LogP contribution is 1.95. The number of hydrogen-bond acceptors (Lipinski definition) is 4. The summed E-state index contributed by atoms with van der Waals surface area (Å²) < 4.78 is 31.9. The molecule has 6 heteroatoms. The lowest BCUT2D eigenvalue weighted by Gasteiger charge is -1.96. The van der Waals surface area contributed by atoms with Crippen LogP contribution in [0.3, 0.4) is 0 Å². The van der Waals surface area contributed by atoms with Crippen molar-refractivity contribution in [2.75, 3.05) is 6.61 Å². The third kappa shape index (κ3) is 9.54. The summed E-state index contributed by atoms with van der Waals surface area (Å²) in [7, 11) is -4.30. The Morgan fingerprint density at radius 3 is 2.45 bits per heavy atom. The zero-order valence-corrected chi connectivity index (χ0v) is 6.71. The first-order valence-corrected chi connectivity index (χ1v) is 4.48. The van der Waals surface area contributed by atoms with Crippen LogP contribution in [0.1, 0.15) is 19.3 Å². The maximum atomic E-state index is 9.93. The van der Waals surface area contributed by atoms with Crippen LogP contribution in [0.4, 0.5) is 0 Å². The second-order valence-electron chi connectivity index (χ2n) is 1.91. The molecule has 0 saturated heterocycles. The highest BCUT2D eigenvalue weighted by molar-refractivity contribution is 7.80. The predicted octanol–water partition coefficient (Wildman–Crippen LogP) is 0.175. The second kappa shape index (κ2) is 5.22. The van der Waals surface area contributed by atoms with Gasteiger partial charge in [-0.3, -0.25) is 4.55 Å². The van der Waals surface area contributed by atoms with Crippen LogP contribution >= 0.6 is 0 Å². The van der Waals surface area contributed by atoms with Gasteiger partial charge in [-0.2, -0.15) is 8.42 Å². The molecule has 0 fully saturated rings. The monoisotopic (exact) mass is 182 g/mol. The van der Waals surface area contributed by atoms with Gasteiger partial charge in [0, 0.05) is 6.42 Å². The van der Waals surface area contributed by atoms with Gasteiger partial charge < -0.3 is 4.79 Å². The summed E-state index contributed by atoms with van der Waals surface area (Å²) in [6, 6.07) is 0. The van der Waals surface area contributed by atoms with E-state index < -0.39 is 10.4 Å². The number of hydrogen-bond donors (Lipinski definition) is 1. The predicted molar refractivity (Wildman–Crippen MR) is 37.4 cm³/mol. The van der Waals surface area contributed by atoms with Crippen molar-refractivity contribution in [2.24, 2.45) is 0 Å². The minimum atomic E-state index is -4.30. The molecule has 0 aromatic rings. The fourth-order valence-electron chi connectivity index (χ4n) is 0.494. The SMILES string of the molecule is O=CCCCCOS(=O)(=O)O. The minimum Gasteiger partial charge on any atom is -0.303 e. The summed E-state index contributed by atoms with van der Waals surface area (Å²) in [5.41, 5.74) is 0. The summed E-state index contributed by atoms with van der Waals surface area (Å²) in [6.07, 6.45) is 2.14. The van der Waals surface area contributed by atoms with Crippen LogP contribution in [0, 0.1) is 0 Å². The molecule has 66 valence electrons. The van der Waals surface area contributed by atoms with E-state index in [9.17, 15) is 13.2 Å². The Hall–Kier alpha value is -0.460. The van der Waals surface area contributed by atoms with Gasteiger partial charge in [-0.15, -0.1) is 0 Å². The molecule has 0 aliphatic carbocycles. The number of aldehydes is 1. The van der Waals surface area contributed by atoms with Crippen LogP contribution < -0.4 is 0 Å². The maximum Gasteiger partial charge on any atom is 0.397 e. The van der Waals surface area contributed by atoms with Crippen LogP contribution in [0.25, 0.3) is 0 Å². The molecule has 0 aliphatic heterocycles. The van der Waals surface area contributed by atoms with E-state index in [1.165, 1.54) is 0 Å². The van der Waals surface area contributed by atoms with Crippen molar-refractivity contribution < 1.29 is 21.9 Å². The van der Waals surface area contributed by atoms with Crippen molar-refractivity contribution in [3.05, 3.63) is 0 Å². The van der Waals surface area contributed by atoms with Crippen molar-refractivity contribution in [3.63, 3.8) is 0 Å². The number of carbonyl (C=O) groups is 1. The van der Waals surface area contributed by atoms with Gasteiger partial charge in [0.25, 0.3) is 0 Å². The van der Waals surface area contributed by atoms with E-state index >= 15 is 0 Å². The summed E-state index contributed by atoms with van der Waals surface area (Å²) in [5.74, 6) is 0. The molecule has 5 nitrogen and oxygen atoms in total. The average Bonchev–Trinajstić information content (AvgIpc) is 1.85. The van der Waals surface area contributed by atoms with Crippen molar-refractivity contribution in [2.45, 2.75) is 19.3 Å². The molecule has 0 aromatic carbocycles. The Morgan fingerprint density at radius 2 is 2.00 bits per heavy atom. The van der Waals surface area contributed by atoms with Crippen LogP contribution in [-0.2, 0) is 19.4 Å². The van der Waals surface area contributed by atoms with Crippen LogP contribution in [0.15, 0.2) is 0 Å². The number of unbranched alkanes of at least 4 members (excludes halogenated alkanes) is 2. The van der Waals surface area contributed by atoms with Gasteiger partial charge in [-0.25, -0.2) is 4.18 Å². The second-order valence-corrected chi connectivity index (χ2v) is 3.00. The Bertz CT molecular complexity index is 195. The normalized spacial score (nSPS) is 11.4. The number of carbonyl (C=O) groups excluding carboxylic acids is 1. The van der Waals surface area contributed by atoms with Crippen molar-refractivity contribution in [1.29, 1.82) is 0 Å². The van der Waals surface area contributed by atoms with Crippen molar-refractivity contribution >= 4 is 16.7 Å². The number of rotatable bonds is 6. The highest BCUT2D eigenvalue weighted by Gasteiger charge is 2.01. The zero-order valence-electron chi connectivity index (χ0n) is 5.89. The summed E-state index contributed by atoms with van der Waals surface area (Å²) in [5, 5.41) is 0. The van der Waals surface area contributed by atoms with Gasteiger partial charge in [0.1, 0.15) is 6.29 Å². The van der Waals surface area contributed by atoms with E-state index in [0.717, 1.165) is 6.29 Å². The largest absolute Gasteiger partial charge is 0.397 e. The van der Waals surface area contributed by atoms with E-state index in [1.54, 1.807) is 0 Å². The summed E-state index contributed by atoms with van der Waals surface area (Å²) >= 11 is 0. The molecule has 0 saturated carbocycles. The quantitative estimate of drug-likeness (QED) is 0.360. The minimum absolute atomic E-state index is 0.0767. The lowest BCUT2D eigenvalue weighted by atomic mass is 10.3. The van der Waals surface area contributed by atoms with E-state index in [1.807, 2.05) is 0 Å². The maximum absolute atomic E-state index is 9.93. The Kier molecular flexibility index (Phi) is 5.01. The van der Waals surface area contributed by atoms with E-state index in [4.69, 9.17) is 4.55 Å². The molecule has 0 aromatic heterocycles. The van der Waals surface area contributed by atoms with Gasteiger partial charge in [0.05, 0.1) is 6.61 Å². The molecule has 11 heavy (non-hydrogen) atoms. The molecular formula is C5H10O5S. The van der Waals surface area contributed by atoms with Crippen molar-refractivity contribution in [3.8, 4) is 0 Å². The molecule has 0 unspecified atom stereocenters. The topological polar surface area (TPSA) is 80.7 Å². The van der Waals surface area contributed by atoms with Gasteiger partial charge in [0.15, 0.2) is 0 Å². The molecule has 1 N–H and O–H groups in total. The molecule has 0 amide bonds. The first-order chi connectivity index (χ1) is 5.06. The van der Waals surface area contributed by atoms with E-state index in [-0.39, 0.29) is 6.61 Å². The van der Waals surface area contributed by atoms with Gasteiger partial charge in [-0.1, -0.05) is 0 Å². The molecule has 0 heterocycles. The summed E-state index contributed by atoms with van der Waals surface area (Å²) in [6.45, 7) is -0.0767. The van der Waals surface area contributed by atoms with E-state index in [2.05, 4.69) is 4.18 Å². The lowest BCUT2D eigenvalue weighted by Crippen LogP contribution is -2.04. The molecular weight excluding hydrogens is 172 g/mol. The molecule has 0 rings (SSSR count). The van der Waals surface area contributed by atoms with Crippen molar-refractivity contribution in [1.82, 2.24) is 0 Å². The zero-order chi connectivity index (χ0) is 8.74. The fraction of sp³-hybridized carbons (Fsp3) is 0.800. The van der Waals surface area contributed by atoms with E-state index in [0.29, 0.717) is 19.3 Å². The Labute approximate surface area is 65.3 Å². The van der Waals surface area contributed by atoms with Gasteiger partial charge in [0.2, 0.25) is 0 Å². The van der Waals surface area contributed by atoms with Crippen LogP contribution in [-0.4, -0.2) is 25.9 Å². The molecule has 0 bridgehead atoms. The fourth-order valence-corrected chi connectivity index (χ4v) is 0.822. The molecule has 0 aliphatic rings. The molecule has 0 atom stereocenters. The molecule has 0 spiro atoms. The summed E-state index contributed by atoms with van der Waals surface area (Å²) in [4.78, 5) is 9.76. The Morgan fingerprint density at radius 1 is 1.36 bits per heavy atom. The smallest absolute Gasteiger partial charge is 0.303 e. The first-order valence-electron chi connectivity index (χ1n) is 3.12. The third-order valence-corrected chi connectivity index (χ3v) is 1.41. The molecule has 0 radical (unpaired) electrons.